The van der Waals surface area contributed by atoms with Crippen LogP contribution in [-0.2, 0) is 16.1 Å². The lowest BCUT2D eigenvalue weighted by Crippen LogP contribution is -2.40. The van der Waals surface area contributed by atoms with Gasteiger partial charge in [-0.2, -0.15) is 0 Å². The number of aromatic nitrogens is 1. The summed E-state index contributed by atoms with van der Waals surface area (Å²) in [4.78, 5) is 32.0. The number of fused-ring (bicyclic) bond motifs is 1. The number of hydrogen-bond donors (Lipinski definition) is 0. The molecule has 5 rings (SSSR count). The number of hydrogen-bond acceptors (Lipinski definition) is 7. The summed E-state index contributed by atoms with van der Waals surface area (Å²) >= 11 is 1.30. The van der Waals surface area contributed by atoms with E-state index in [4.69, 9.17) is 19.2 Å². The molecule has 0 radical (unpaired) electrons. The summed E-state index contributed by atoms with van der Waals surface area (Å²) in [6.45, 7) is 4.75. The van der Waals surface area contributed by atoms with Crippen molar-refractivity contribution in [3.63, 3.8) is 0 Å². The lowest BCUT2D eigenvalue weighted by molar-refractivity contribution is -0.136. The van der Waals surface area contributed by atoms with E-state index in [0.717, 1.165) is 16.7 Å². The molecule has 0 saturated carbocycles. The highest BCUT2D eigenvalue weighted by atomic mass is 32.1. The number of esters is 1. The molecule has 1 aromatic heterocycles. The first kappa shape index (κ1) is 27.1. The van der Waals surface area contributed by atoms with Crippen LogP contribution in [0.4, 0.5) is 0 Å². The Kier molecular flexibility index (Phi) is 8.26. The zero-order valence-corrected chi connectivity index (χ0v) is 23.4. The maximum Gasteiger partial charge on any atom is 0.338 e. The maximum absolute atomic E-state index is 13.8. The Morgan fingerprint density at radius 3 is 2.38 bits per heavy atom. The summed E-state index contributed by atoms with van der Waals surface area (Å²) in [5.74, 6) is 0.739. The molecular weight excluding hydrogens is 524 g/mol. The summed E-state index contributed by atoms with van der Waals surface area (Å²) < 4.78 is 19.1. The third-order valence-corrected chi connectivity index (χ3v) is 7.55. The van der Waals surface area contributed by atoms with Crippen molar-refractivity contribution in [3.8, 4) is 11.5 Å². The fourth-order valence-electron chi connectivity index (χ4n) is 4.70. The monoisotopic (exact) mass is 554 g/mol. The van der Waals surface area contributed by atoms with Gasteiger partial charge in [0.15, 0.2) is 16.3 Å². The second-order valence-corrected chi connectivity index (χ2v) is 10.1. The van der Waals surface area contributed by atoms with Crippen LogP contribution in [0.3, 0.4) is 0 Å². The van der Waals surface area contributed by atoms with Crippen molar-refractivity contribution < 1.29 is 19.0 Å². The minimum atomic E-state index is -0.630. The highest BCUT2D eigenvalue weighted by Gasteiger charge is 2.33. The fourth-order valence-corrected chi connectivity index (χ4v) is 5.72. The Labute approximate surface area is 236 Å². The molecule has 1 atom stereocenters. The van der Waals surface area contributed by atoms with Gasteiger partial charge in [0, 0.05) is 0 Å². The minimum absolute atomic E-state index is 0.225. The molecule has 1 aliphatic heterocycles. The molecule has 2 heterocycles. The Morgan fingerprint density at radius 1 is 0.975 bits per heavy atom. The summed E-state index contributed by atoms with van der Waals surface area (Å²) in [7, 11) is 1.35. The van der Waals surface area contributed by atoms with Crippen LogP contribution < -0.4 is 24.4 Å². The van der Waals surface area contributed by atoms with Gasteiger partial charge in [-0.1, -0.05) is 85.0 Å². The van der Waals surface area contributed by atoms with Gasteiger partial charge in [0.2, 0.25) is 0 Å². The molecule has 1 aliphatic rings. The van der Waals surface area contributed by atoms with Crippen molar-refractivity contribution in [1.82, 2.24) is 4.57 Å². The van der Waals surface area contributed by atoms with Crippen LogP contribution in [0.2, 0.25) is 0 Å². The van der Waals surface area contributed by atoms with Gasteiger partial charge in [0.1, 0.15) is 6.61 Å². The second kappa shape index (κ2) is 12.2. The third kappa shape index (κ3) is 5.49. The van der Waals surface area contributed by atoms with E-state index in [-0.39, 0.29) is 5.56 Å². The number of carbonyl (C=O) groups excluding carboxylic acids is 1. The van der Waals surface area contributed by atoms with Crippen LogP contribution in [0.25, 0.3) is 6.08 Å². The summed E-state index contributed by atoms with van der Waals surface area (Å²) in [5.41, 5.74) is 3.44. The molecule has 0 spiro atoms. The first-order valence-corrected chi connectivity index (χ1v) is 14.0. The molecule has 0 N–H and O–H groups in total. The number of rotatable bonds is 9. The third-order valence-electron chi connectivity index (χ3n) is 6.57. The first-order chi connectivity index (χ1) is 19.5. The smallest absolute Gasteiger partial charge is 0.338 e. The van der Waals surface area contributed by atoms with Gasteiger partial charge in [0.25, 0.3) is 5.56 Å². The summed E-state index contributed by atoms with van der Waals surface area (Å²) in [6.07, 6.45) is 2.35. The van der Waals surface area contributed by atoms with Gasteiger partial charge >= 0.3 is 5.97 Å². The number of benzene rings is 3. The molecule has 204 valence electrons. The standard InChI is InChI=1S/C32H30N2O5S/c1-4-24-28(31(36)37-3)29(23-14-10-7-11-15-23)34-30(35)27(40-32(34)33-24)19-22-16-17-25(26(18-22)38-5-2)39-20-21-12-8-6-9-13-21/h6-19,29H,4-5,20H2,1-3H3/b27-19-/t29-/m0/s1. The van der Waals surface area contributed by atoms with E-state index in [2.05, 4.69) is 0 Å². The normalized spacial score (nSPS) is 14.9. The number of carbonyl (C=O) groups is 1. The lowest BCUT2D eigenvalue weighted by atomic mass is 9.95. The zero-order valence-electron chi connectivity index (χ0n) is 22.6. The van der Waals surface area contributed by atoms with E-state index < -0.39 is 12.0 Å². The van der Waals surface area contributed by atoms with Gasteiger partial charge < -0.3 is 14.2 Å². The Bertz CT molecular complexity index is 1720. The molecule has 0 aliphatic carbocycles. The highest BCUT2D eigenvalue weighted by Crippen LogP contribution is 2.32. The quantitative estimate of drug-likeness (QED) is 0.279. The van der Waals surface area contributed by atoms with Crippen LogP contribution in [0.5, 0.6) is 11.5 Å². The Morgan fingerprint density at radius 2 is 1.70 bits per heavy atom. The van der Waals surface area contributed by atoms with Crippen molar-refractivity contribution in [2.75, 3.05) is 13.7 Å². The molecule has 3 aromatic carbocycles. The van der Waals surface area contributed by atoms with Crippen LogP contribution >= 0.6 is 11.3 Å². The average Bonchev–Trinajstić information content (AvgIpc) is 3.30. The average molecular weight is 555 g/mol. The van der Waals surface area contributed by atoms with Crippen molar-refractivity contribution in [2.24, 2.45) is 4.99 Å². The van der Waals surface area contributed by atoms with E-state index in [0.29, 0.717) is 51.7 Å². The van der Waals surface area contributed by atoms with Crippen molar-refractivity contribution >= 4 is 23.4 Å². The number of nitrogens with zero attached hydrogens (tertiary/aromatic N) is 2. The molecule has 7 nitrogen and oxygen atoms in total. The van der Waals surface area contributed by atoms with Gasteiger partial charge in [-0.3, -0.25) is 9.36 Å². The number of methoxy groups -OCH3 is 1. The molecule has 8 heteroatoms. The Hall–Kier alpha value is -4.43. The van der Waals surface area contributed by atoms with E-state index in [1.54, 1.807) is 4.57 Å². The van der Waals surface area contributed by atoms with Gasteiger partial charge in [-0.05, 0) is 48.2 Å². The molecule has 0 unspecified atom stereocenters. The van der Waals surface area contributed by atoms with Crippen LogP contribution in [-0.4, -0.2) is 24.3 Å². The van der Waals surface area contributed by atoms with E-state index in [1.165, 1.54) is 18.4 Å². The fraction of sp³-hybridized carbons (Fsp3) is 0.219. The van der Waals surface area contributed by atoms with Crippen molar-refractivity contribution in [2.45, 2.75) is 32.9 Å². The lowest BCUT2D eigenvalue weighted by Gasteiger charge is -2.25. The van der Waals surface area contributed by atoms with Crippen LogP contribution in [0.15, 0.2) is 99.9 Å². The largest absolute Gasteiger partial charge is 0.490 e. The SMILES string of the molecule is CCOc1cc(/C=c2\sc3n(c2=O)[C@@H](c2ccccc2)C(C(=O)OC)=C(CC)N=3)ccc1OCc1ccccc1. The maximum atomic E-state index is 13.8. The predicted molar refractivity (Wildman–Crippen MR) is 155 cm³/mol. The molecule has 0 bridgehead atoms. The number of allylic oxidation sites excluding steroid dienone is 1. The topological polar surface area (TPSA) is 79.1 Å². The molecule has 0 fully saturated rings. The zero-order chi connectivity index (χ0) is 28.1. The number of thiazole rings is 1. The van der Waals surface area contributed by atoms with Crippen LogP contribution in [0.1, 0.15) is 43.0 Å². The summed E-state index contributed by atoms with van der Waals surface area (Å²) in [5, 5.41) is 0. The molecule has 0 saturated heterocycles. The molecule has 0 amide bonds. The molecule has 40 heavy (non-hydrogen) atoms. The van der Waals surface area contributed by atoms with E-state index in [9.17, 15) is 9.59 Å². The predicted octanol–water partition coefficient (Wildman–Crippen LogP) is 4.78. The van der Waals surface area contributed by atoms with E-state index >= 15 is 0 Å². The summed E-state index contributed by atoms with van der Waals surface area (Å²) in [6, 6.07) is 24.4. The molecular formula is C32H30N2O5S. The highest BCUT2D eigenvalue weighted by molar-refractivity contribution is 7.07. The first-order valence-electron chi connectivity index (χ1n) is 13.2. The van der Waals surface area contributed by atoms with E-state index in [1.807, 2.05) is 98.8 Å². The van der Waals surface area contributed by atoms with Crippen LogP contribution in [0, 0.1) is 0 Å². The second-order valence-electron chi connectivity index (χ2n) is 9.11. The molecule has 4 aromatic rings. The van der Waals surface area contributed by atoms with Gasteiger partial charge in [-0.25, -0.2) is 9.79 Å². The Balaban J connectivity index is 1.57. The van der Waals surface area contributed by atoms with Gasteiger partial charge in [-0.15, -0.1) is 0 Å². The van der Waals surface area contributed by atoms with Crippen molar-refractivity contribution in [1.29, 1.82) is 0 Å². The number of ether oxygens (including phenoxy) is 3. The minimum Gasteiger partial charge on any atom is -0.490 e. The van der Waals surface area contributed by atoms with Gasteiger partial charge in [0.05, 0.1) is 35.6 Å². The van der Waals surface area contributed by atoms with Crippen molar-refractivity contribution in [3.05, 3.63) is 127 Å².